The average molecular weight is 405 g/mol. The number of nitrogens with one attached hydrogen (secondary N) is 1. The number of halogens is 2. The molecular formula is C15H19BrClN3O3. The van der Waals surface area contributed by atoms with Gasteiger partial charge in [0.15, 0.2) is 5.82 Å². The van der Waals surface area contributed by atoms with E-state index in [2.05, 4.69) is 31.4 Å². The number of benzene rings is 1. The van der Waals surface area contributed by atoms with Gasteiger partial charge in [-0.15, -0.1) is 12.4 Å². The zero-order valence-electron chi connectivity index (χ0n) is 12.7. The van der Waals surface area contributed by atoms with E-state index in [4.69, 9.17) is 9.63 Å². The lowest BCUT2D eigenvalue weighted by molar-refractivity contribution is -0.139. The molecule has 0 saturated carbocycles. The summed E-state index contributed by atoms with van der Waals surface area (Å²) in [5.41, 5.74) is 1.07. The monoisotopic (exact) mass is 403 g/mol. The minimum atomic E-state index is -0.865. The van der Waals surface area contributed by atoms with Crippen LogP contribution < -0.4 is 5.32 Å². The standard InChI is InChI=1S/C15H18BrN3O3.ClH/c1-2-4-12(15(20)21)17-9-14-18-13(19-22-14)8-10-5-3-6-11(16)7-10;/h3,5-7,12,17H,2,4,8-9H2,1H3,(H,20,21);1H. The molecule has 23 heavy (non-hydrogen) atoms. The van der Waals surface area contributed by atoms with Gasteiger partial charge in [-0.3, -0.25) is 10.1 Å². The van der Waals surface area contributed by atoms with Gasteiger partial charge in [-0.25, -0.2) is 0 Å². The van der Waals surface area contributed by atoms with Crippen LogP contribution in [0.2, 0.25) is 0 Å². The first kappa shape index (κ1) is 19.6. The summed E-state index contributed by atoms with van der Waals surface area (Å²) in [6.07, 6.45) is 1.93. The SMILES string of the molecule is CCCC(NCc1nc(Cc2cccc(Br)c2)no1)C(=O)O.Cl. The molecule has 2 aromatic rings. The maximum absolute atomic E-state index is 11.1. The van der Waals surface area contributed by atoms with Crippen molar-refractivity contribution < 1.29 is 14.4 Å². The fraction of sp³-hybridized carbons (Fsp3) is 0.400. The van der Waals surface area contributed by atoms with Crippen LogP contribution in [0.1, 0.15) is 37.0 Å². The highest BCUT2D eigenvalue weighted by Crippen LogP contribution is 2.14. The van der Waals surface area contributed by atoms with Crippen molar-refractivity contribution in [1.29, 1.82) is 0 Å². The molecule has 0 fully saturated rings. The Hall–Kier alpha value is -1.44. The summed E-state index contributed by atoms with van der Waals surface area (Å²) in [5.74, 6) is 0.111. The van der Waals surface area contributed by atoms with Crippen molar-refractivity contribution in [3.8, 4) is 0 Å². The zero-order valence-corrected chi connectivity index (χ0v) is 15.1. The topological polar surface area (TPSA) is 88.3 Å². The molecule has 8 heteroatoms. The normalized spacial score (nSPS) is 11.7. The summed E-state index contributed by atoms with van der Waals surface area (Å²) in [5, 5.41) is 15.9. The van der Waals surface area contributed by atoms with Crippen molar-refractivity contribution >= 4 is 34.3 Å². The number of carbonyl (C=O) groups is 1. The van der Waals surface area contributed by atoms with Crippen molar-refractivity contribution in [2.24, 2.45) is 0 Å². The predicted octanol–water partition coefficient (Wildman–Crippen LogP) is 3.19. The smallest absolute Gasteiger partial charge is 0.320 e. The molecular weight excluding hydrogens is 386 g/mol. The van der Waals surface area contributed by atoms with E-state index in [1.807, 2.05) is 31.2 Å². The molecule has 1 unspecified atom stereocenters. The third-order valence-corrected chi connectivity index (χ3v) is 3.63. The van der Waals surface area contributed by atoms with Gasteiger partial charge < -0.3 is 9.63 Å². The fourth-order valence-electron chi connectivity index (χ4n) is 2.08. The number of hydrogen-bond donors (Lipinski definition) is 2. The predicted molar refractivity (Wildman–Crippen MR) is 91.7 cm³/mol. The summed E-state index contributed by atoms with van der Waals surface area (Å²) >= 11 is 3.42. The summed E-state index contributed by atoms with van der Waals surface area (Å²) < 4.78 is 6.15. The van der Waals surface area contributed by atoms with Crippen molar-refractivity contribution in [1.82, 2.24) is 15.5 Å². The Labute approximate surface area is 149 Å². The Bertz CT molecular complexity index is 636. The highest BCUT2D eigenvalue weighted by molar-refractivity contribution is 9.10. The zero-order chi connectivity index (χ0) is 15.9. The van der Waals surface area contributed by atoms with E-state index in [0.717, 1.165) is 16.5 Å². The minimum Gasteiger partial charge on any atom is -0.480 e. The van der Waals surface area contributed by atoms with Crippen LogP contribution in [0.25, 0.3) is 0 Å². The molecule has 1 aromatic heterocycles. The molecule has 0 amide bonds. The molecule has 0 spiro atoms. The molecule has 0 saturated heterocycles. The van der Waals surface area contributed by atoms with Crippen molar-refractivity contribution in [3.63, 3.8) is 0 Å². The van der Waals surface area contributed by atoms with Gasteiger partial charge in [0.1, 0.15) is 6.04 Å². The highest BCUT2D eigenvalue weighted by Gasteiger charge is 2.17. The van der Waals surface area contributed by atoms with Crippen LogP contribution in [0, 0.1) is 0 Å². The Balaban J connectivity index is 0.00000264. The molecule has 1 aromatic carbocycles. The maximum atomic E-state index is 11.1. The third kappa shape index (κ3) is 6.29. The Morgan fingerprint density at radius 1 is 1.48 bits per heavy atom. The average Bonchev–Trinajstić information content (AvgIpc) is 2.90. The lowest BCUT2D eigenvalue weighted by Gasteiger charge is -2.11. The summed E-state index contributed by atoms with van der Waals surface area (Å²) in [4.78, 5) is 15.3. The van der Waals surface area contributed by atoms with Gasteiger partial charge in [-0.2, -0.15) is 4.98 Å². The molecule has 2 N–H and O–H groups in total. The van der Waals surface area contributed by atoms with Crippen LogP contribution in [0.4, 0.5) is 0 Å². The molecule has 0 radical (unpaired) electrons. The van der Waals surface area contributed by atoms with Crippen LogP contribution in [0.5, 0.6) is 0 Å². The number of aliphatic carboxylic acids is 1. The Morgan fingerprint density at radius 2 is 2.26 bits per heavy atom. The quantitative estimate of drug-likeness (QED) is 0.702. The minimum absolute atomic E-state index is 0. The van der Waals surface area contributed by atoms with E-state index < -0.39 is 12.0 Å². The first-order chi connectivity index (χ1) is 10.6. The van der Waals surface area contributed by atoms with Crippen LogP contribution in [-0.4, -0.2) is 27.3 Å². The first-order valence-corrected chi connectivity index (χ1v) is 7.90. The second kappa shape index (κ2) is 9.64. The fourth-order valence-corrected chi connectivity index (χ4v) is 2.52. The number of nitrogens with zero attached hydrogens (tertiary/aromatic N) is 2. The molecule has 0 aliphatic heterocycles. The Morgan fingerprint density at radius 3 is 2.91 bits per heavy atom. The molecule has 0 aliphatic rings. The van der Waals surface area contributed by atoms with Crippen molar-refractivity contribution in [2.75, 3.05) is 0 Å². The third-order valence-electron chi connectivity index (χ3n) is 3.14. The number of aromatic nitrogens is 2. The van der Waals surface area contributed by atoms with Crippen LogP contribution in [0.15, 0.2) is 33.3 Å². The second-order valence-electron chi connectivity index (χ2n) is 4.97. The second-order valence-corrected chi connectivity index (χ2v) is 5.89. The molecule has 126 valence electrons. The lowest BCUT2D eigenvalue weighted by Crippen LogP contribution is -2.36. The lowest BCUT2D eigenvalue weighted by atomic mass is 10.1. The summed E-state index contributed by atoms with van der Waals surface area (Å²) in [6, 6.07) is 7.29. The van der Waals surface area contributed by atoms with E-state index in [9.17, 15) is 4.79 Å². The van der Waals surface area contributed by atoms with E-state index in [0.29, 0.717) is 24.6 Å². The van der Waals surface area contributed by atoms with E-state index in [1.165, 1.54) is 0 Å². The van der Waals surface area contributed by atoms with Crippen LogP contribution in [0.3, 0.4) is 0 Å². The van der Waals surface area contributed by atoms with Gasteiger partial charge in [-0.05, 0) is 24.1 Å². The molecule has 6 nitrogen and oxygen atoms in total. The van der Waals surface area contributed by atoms with Gasteiger partial charge in [0, 0.05) is 10.9 Å². The molecule has 0 aliphatic carbocycles. The van der Waals surface area contributed by atoms with Crippen molar-refractivity contribution in [2.45, 2.75) is 38.8 Å². The number of carboxylic acid groups (broad SMARTS) is 1. The number of carboxylic acids is 1. The number of hydrogen-bond acceptors (Lipinski definition) is 5. The van der Waals surface area contributed by atoms with E-state index in [-0.39, 0.29) is 19.0 Å². The van der Waals surface area contributed by atoms with Gasteiger partial charge in [-0.1, -0.05) is 46.6 Å². The maximum Gasteiger partial charge on any atom is 0.320 e. The molecule has 2 rings (SSSR count). The van der Waals surface area contributed by atoms with E-state index in [1.54, 1.807) is 0 Å². The molecule has 1 atom stereocenters. The largest absolute Gasteiger partial charge is 0.480 e. The van der Waals surface area contributed by atoms with E-state index >= 15 is 0 Å². The van der Waals surface area contributed by atoms with Crippen LogP contribution in [-0.2, 0) is 17.8 Å². The van der Waals surface area contributed by atoms with Gasteiger partial charge >= 0.3 is 5.97 Å². The highest BCUT2D eigenvalue weighted by atomic mass is 79.9. The summed E-state index contributed by atoms with van der Waals surface area (Å²) in [6.45, 7) is 2.20. The van der Waals surface area contributed by atoms with Crippen LogP contribution >= 0.6 is 28.3 Å². The van der Waals surface area contributed by atoms with Gasteiger partial charge in [0.05, 0.1) is 6.54 Å². The first-order valence-electron chi connectivity index (χ1n) is 7.10. The van der Waals surface area contributed by atoms with Crippen molar-refractivity contribution in [3.05, 3.63) is 46.0 Å². The summed E-state index contributed by atoms with van der Waals surface area (Å²) in [7, 11) is 0. The Kier molecular flexibility index (Phi) is 8.22. The molecule has 1 heterocycles. The van der Waals surface area contributed by atoms with Gasteiger partial charge in [0.25, 0.3) is 0 Å². The number of rotatable bonds is 8. The van der Waals surface area contributed by atoms with Gasteiger partial charge in [0.2, 0.25) is 5.89 Å². The molecule has 0 bridgehead atoms.